The Balaban J connectivity index is 1.62. The number of amides is 3. The van der Waals surface area contributed by atoms with Gasteiger partial charge in [-0.3, -0.25) is 25.3 Å². The fourth-order valence-electron chi connectivity index (χ4n) is 3.71. The number of nitrogens with one attached hydrogen (secondary N) is 2. The molecule has 1 aromatic carbocycles. The van der Waals surface area contributed by atoms with Crippen LogP contribution in [0.2, 0.25) is 0 Å². The summed E-state index contributed by atoms with van der Waals surface area (Å²) in [4.78, 5) is 32.4. The summed E-state index contributed by atoms with van der Waals surface area (Å²) in [5, 5.41) is 6.87. The molecular formula is C20H23N5O2S. The first-order valence-electron chi connectivity index (χ1n) is 9.18. The van der Waals surface area contributed by atoms with Gasteiger partial charge in [-0.05, 0) is 17.2 Å². The van der Waals surface area contributed by atoms with E-state index in [1.54, 1.807) is 37.0 Å². The summed E-state index contributed by atoms with van der Waals surface area (Å²) in [7, 11) is 3.29. The van der Waals surface area contributed by atoms with E-state index in [0.717, 1.165) is 16.9 Å². The molecule has 2 aromatic rings. The third kappa shape index (κ3) is 3.50. The Hall–Kier alpha value is -2.42. The van der Waals surface area contributed by atoms with Crippen LogP contribution in [0.15, 0.2) is 54.9 Å². The number of imide groups is 1. The molecule has 7 nitrogen and oxygen atoms in total. The van der Waals surface area contributed by atoms with Crippen molar-refractivity contribution >= 4 is 23.7 Å². The molecule has 4 rings (SSSR count). The highest BCUT2D eigenvalue weighted by molar-refractivity contribution is 7.99. The zero-order valence-corrected chi connectivity index (χ0v) is 16.6. The van der Waals surface area contributed by atoms with Crippen LogP contribution in [0, 0.1) is 5.92 Å². The van der Waals surface area contributed by atoms with Gasteiger partial charge in [-0.15, -0.1) is 11.8 Å². The third-order valence-corrected chi connectivity index (χ3v) is 6.53. The minimum atomic E-state index is -0.380. The second-order valence-electron chi connectivity index (χ2n) is 7.03. The van der Waals surface area contributed by atoms with Gasteiger partial charge in [0.1, 0.15) is 0 Å². The average molecular weight is 398 g/mol. The van der Waals surface area contributed by atoms with E-state index >= 15 is 0 Å². The topological polar surface area (TPSA) is 77.6 Å². The molecule has 2 N–H and O–H groups in total. The summed E-state index contributed by atoms with van der Waals surface area (Å²) in [5.74, 6) is 0.183. The highest BCUT2D eigenvalue weighted by atomic mass is 32.2. The van der Waals surface area contributed by atoms with Crippen LogP contribution in [0.1, 0.15) is 17.3 Å². The third-order valence-electron chi connectivity index (χ3n) is 5.24. The lowest BCUT2D eigenvalue weighted by Gasteiger charge is -2.50. The molecule has 4 unspecified atom stereocenters. The number of hydrogen-bond acceptors (Lipinski definition) is 6. The molecule has 2 aliphatic heterocycles. The SMILES string of the molecule is CN1C(=O)C2C(SCc3cccnc3)NC(c3ccccc3)NC2N(C)C1=O. The molecule has 3 heterocycles. The van der Waals surface area contributed by atoms with Crippen molar-refractivity contribution in [1.29, 1.82) is 0 Å². The van der Waals surface area contributed by atoms with E-state index in [9.17, 15) is 9.59 Å². The van der Waals surface area contributed by atoms with Gasteiger partial charge in [0.15, 0.2) is 0 Å². The van der Waals surface area contributed by atoms with Crippen LogP contribution in [0.3, 0.4) is 0 Å². The molecule has 0 bridgehead atoms. The predicted octanol–water partition coefficient (Wildman–Crippen LogP) is 2.00. The van der Waals surface area contributed by atoms with Crippen LogP contribution in [0.5, 0.6) is 0 Å². The van der Waals surface area contributed by atoms with Crippen LogP contribution in [0.4, 0.5) is 4.79 Å². The van der Waals surface area contributed by atoms with E-state index in [-0.39, 0.29) is 35.6 Å². The van der Waals surface area contributed by atoms with Crippen LogP contribution in [-0.4, -0.2) is 52.4 Å². The van der Waals surface area contributed by atoms with Gasteiger partial charge >= 0.3 is 6.03 Å². The highest BCUT2D eigenvalue weighted by Gasteiger charge is 2.50. The van der Waals surface area contributed by atoms with E-state index in [1.807, 2.05) is 48.7 Å². The summed E-state index contributed by atoms with van der Waals surface area (Å²) < 4.78 is 0. The van der Waals surface area contributed by atoms with Crippen molar-refractivity contribution in [2.75, 3.05) is 14.1 Å². The fourth-order valence-corrected chi connectivity index (χ4v) is 4.95. The van der Waals surface area contributed by atoms with Crippen molar-refractivity contribution in [1.82, 2.24) is 25.4 Å². The van der Waals surface area contributed by atoms with Gasteiger partial charge in [-0.1, -0.05) is 36.4 Å². The first-order valence-corrected chi connectivity index (χ1v) is 10.2. The smallest absolute Gasteiger partial charge is 0.311 e. The molecule has 2 fully saturated rings. The van der Waals surface area contributed by atoms with Crippen molar-refractivity contribution in [3.05, 3.63) is 66.0 Å². The predicted molar refractivity (Wildman–Crippen MR) is 108 cm³/mol. The Morgan fingerprint density at radius 2 is 1.86 bits per heavy atom. The van der Waals surface area contributed by atoms with E-state index in [0.29, 0.717) is 0 Å². The lowest BCUT2D eigenvalue weighted by Crippen LogP contribution is -2.72. The molecule has 2 saturated heterocycles. The standard InChI is InChI=1S/C20H23N5O2S/c1-24-17-15(19(26)25(2)20(24)27)18(28-12-13-7-6-10-21-11-13)23-16(22-17)14-8-4-3-5-9-14/h3-11,15-18,22-23H,12H2,1-2H3. The summed E-state index contributed by atoms with van der Waals surface area (Å²) in [6, 6.07) is 13.7. The fraction of sp³-hybridized carbons (Fsp3) is 0.350. The van der Waals surface area contributed by atoms with Crippen LogP contribution in [0.25, 0.3) is 0 Å². The molecule has 146 valence electrons. The van der Waals surface area contributed by atoms with Crippen LogP contribution in [-0.2, 0) is 10.5 Å². The molecule has 3 amide bonds. The first kappa shape index (κ1) is 18.9. The molecule has 28 heavy (non-hydrogen) atoms. The number of aromatic nitrogens is 1. The van der Waals surface area contributed by atoms with Crippen molar-refractivity contribution in [3.8, 4) is 0 Å². The molecule has 0 aliphatic carbocycles. The Kier molecular flexibility index (Phi) is 5.34. The van der Waals surface area contributed by atoms with Gasteiger partial charge in [-0.2, -0.15) is 0 Å². The number of rotatable bonds is 4. The Labute approximate surface area is 168 Å². The number of pyridine rings is 1. The summed E-state index contributed by atoms with van der Waals surface area (Å²) in [6.45, 7) is 0. The van der Waals surface area contributed by atoms with Crippen LogP contribution < -0.4 is 10.6 Å². The van der Waals surface area contributed by atoms with Gasteiger partial charge in [0, 0.05) is 32.2 Å². The number of benzene rings is 1. The van der Waals surface area contributed by atoms with Crippen molar-refractivity contribution in [3.63, 3.8) is 0 Å². The minimum Gasteiger partial charge on any atom is -0.311 e. The monoisotopic (exact) mass is 397 g/mol. The van der Waals surface area contributed by atoms with E-state index < -0.39 is 0 Å². The Bertz CT molecular complexity index is 850. The highest BCUT2D eigenvalue weighted by Crippen LogP contribution is 2.35. The van der Waals surface area contributed by atoms with Gasteiger partial charge < -0.3 is 4.90 Å². The van der Waals surface area contributed by atoms with E-state index in [4.69, 9.17) is 0 Å². The summed E-state index contributed by atoms with van der Waals surface area (Å²) in [5.41, 5.74) is 2.17. The molecule has 1 aromatic heterocycles. The van der Waals surface area contributed by atoms with Gasteiger partial charge in [0.2, 0.25) is 5.91 Å². The number of carbonyl (C=O) groups excluding carboxylic acids is 2. The van der Waals surface area contributed by atoms with Gasteiger partial charge in [0.05, 0.1) is 23.6 Å². The second kappa shape index (κ2) is 7.90. The van der Waals surface area contributed by atoms with Crippen molar-refractivity contribution < 1.29 is 9.59 Å². The van der Waals surface area contributed by atoms with Crippen LogP contribution >= 0.6 is 11.8 Å². The lowest BCUT2D eigenvalue weighted by molar-refractivity contribution is -0.140. The number of nitrogens with zero attached hydrogens (tertiary/aromatic N) is 3. The largest absolute Gasteiger partial charge is 0.327 e. The Morgan fingerprint density at radius 1 is 1.07 bits per heavy atom. The quantitative estimate of drug-likeness (QED) is 0.822. The number of hydrogen-bond donors (Lipinski definition) is 2. The minimum absolute atomic E-state index is 0.151. The zero-order valence-electron chi connectivity index (χ0n) is 15.8. The summed E-state index contributed by atoms with van der Waals surface area (Å²) >= 11 is 1.67. The lowest BCUT2D eigenvalue weighted by atomic mass is 9.96. The molecular weight excluding hydrogens is 374 g/mol. The van der Waals surface area contributed by atoms with Gasteiger partial charge in [0.25, 0.3) is 0 Å². The maximum atomic E-state index is 13.0. The molecule has 2 aliphatic rings. The zero-order chi connectivity index (χ0) is 19.7. The first-order chi connectivity index (χ1) is 13.6. The van der Waals surface area contributed by atoms with Gasteiger partial charge in [-0.25, -0.2) is 4.79 Å². The number of carbonyl (C=O) groups is 2. The molecule has 0 spiro atoms. The maximum Gasteiger partial charge on any atom is 0.327 e. The summed E-state index contributed by atoms with van der Waals surface area (Å²) in [6.07, 6.45) is 3.07. The number of thioether (sulfide) groups is 1. The van der Waals surface area contributed by atoms with Crippen molar-refractivity contribution in [2.45, 2.75) is 23.5 Å². The van der Waals surface area contributed by atoms with E-state index in [2.05, 4.69) is 15.6 Å². The molecule has 4 atom stereocenters. The second-order valence-corrected chi connectivity index (χ2v) is 8.16. The number of urea groups is 1. The van der Waals surface area contributed by atoms with Crippen molar-refractivity contribution in [2.24, 2.45) is 5.92 Å². The molecule has 0 saturated carbocycles. The Morgan fingerprint density at radius 3 is 2.57 bits per heavy atom. The average Bonchev–Trinajstić information content (AvgIpc) is 2.75. The molecule has 0 radical (unpaired) electrons. The number of fused-ring (bicyclic) bond motifs is 1. The van der Waals surface area contributed by atoms with E-state index in [1.165, 1.54) is 4.90 Å². The maximum absolute atomic E-state index is 13.0. The normalized spacial score (nSPS) is 27.6. The molecule has 8 heteroatoms.